The number of hydrogen-bond acceptors (Lipinski definition) is 6. The first-order valence-corrected chi connectivity index (χ1v) is 12.0. The van der Waals surface area contributed by atoms with Gasteiger partial charge in [-0.05, 0) is 70.1 Å². The number of carbonyl (C=O) groups is 3. The summed E-state index contributed by atoms with van der Waals surface area (Å²) in [5, 5.41) is 1.83. The van der Waals surface area contributed by atoms with Gasteiger partial charge in [0.25, 0.3) is 11.1 Å². The Morgan fingerprint density at radius 3 is 2.39 bits per heavy atom. The van der Waals surface area contributed by atoms with E-state index < -0.39 is 5.97 Å². The third-order valence-electron chi connectivity index (χ3n) is 5.73. The molecule has 7 heteroatoms. The molecule has 36 heavy (non-hydrogen) atoms. The highest BCUT2D eigenvalue weighted by molar-refractivity contribution is 8.18. The van der Waals surface area contributed by atoms with Crippen LogP contribution in [0.25, 0.3) is 16.8 Å². The van der Waals surface area contributed by atoms with Gasteiger partial charge in [0.15, 0.2) is 11.5 Å². The maximum absolute atomic E-state index is 13.0. The van der Waals surface area contributed by atoms with Crippen molar-refractivity contribution in [2.24, 2.45) is 0 Å². The number of hydrogen-bond donors (Lipinski definition) is 0. The monoisotopic (exact) mass is 495 g/mol. The minimum atomic E-state index is -0.503. The van der Waals surface area contributed by atoms with Gasteiger partial charge in [-0.15, -0.1) is 0 Å². The van der Waals surface area contributed by atoms with E-state index in [2.05, 4.69) is 0 Å². The lowest BCUT2D eigenvalue weighted by molar-refractivity contribution is -0.123. The number of thioether (sulfide) groups is 1. The normalized spacial score (nSPS) is 14.5. The minimum absolute atomic E-state index is 0.199. The fourth-order valence-electron chi connectivity index (χ4n) is 3.90. The van der Waals surface area contributed by atoms with E-state index >= 15 is 0 Å². The first kappa shape index (κ1) is 23.4. The number of benzene rings is 4. The Hall–Kier alpha value is -4.36. The Kier molecular flexibility index (Phi) is 6.56. The second kappa shape index (κ2) is 10.1. The number of imide groups is 1. The predicted molar refractivity (Wildman–Crippen MR) is 140 cm³/mol. The zero-order valence-corrected chi connectivity index (χ0v) is 20.2. The van der Waals surface area contributed by atoms with Crippen molar-refractivity contribution in [3.63, 3.8) is 0 Å². The molecule has 0 N–H and O–H groups in total. The van der Waals surface area contributed by atoms with Gasteiger partial charge in [0.2, 0.25) is 0 Å². The van der Waals surface area contributed by atoms with Gasteiger partial charge in [0, 0.05) is 0 Å². The summed E-state index contributed by atoms with van der Waals surface area (Å²) >= 11 is 0.897. The van der Waals surface area contributed by atoms with E-state index in [0.29, 0.717) is 21.8 Å². The van der Waals surface area contributed by atoms with Crippen LogP contribution in [0.5, 0.6) is 11.5 Å². The van der Waals surface area contributed by atoms with Gasteiger partial charge in [0.05, 0.1) is 24.1 Å². The standard InChI is InChI=1S/C29H21NO5S/c1-34-25-16-19(12-14-24(25)35-28(32)22-8-3-2-4-9-22)17-26-27(31)30(29(33)36-26)18-20-11-13-21-7-5-6-10-23(21)15-20/h2-17H,18H2,1H3/b26-17-. The van der Waals surface area contributed by atoms with Crippen LogP contribution in [0.15, 0.2) is 95.9 Å². The lowest BCUT2D eigenvalue weighted by Gasteiger charge is -2.13. The first-order chi connectivity index (χ1) is 17.5. The van der Waals surface area contributed by atoms with Crippen LogP contribution in [0.3, 0.4) is 0 Å². The Labute approximate surface area is 212 Å². The van der Waals surface area contributed by atoms with E-state index in [1.165, 1.54) is 12.0 Å². The molecular weight excluding hydrogens is 474 g/mol. The van der Waals surface area contributed by atoms with Gasteiger partial charge < -0.3 is 9.47 Å². The summed E-state index contributed by atoms with van der Waals surface area (Å²) in [6.45, 7) is 0.199. The molecule has 1 aliphatic rings. The maximum atomic E-state index is 13.0. The molecule has 6 nitrogen and oxygen atoms in total. The molecule has 4 aromatic carbocycles. The van der Waals surface area contributed by atoms with Gasteiger partial charge in [0.1, 0.15) is 0 Å². The van der Waals surface area contributed by atoms with Crippen LogP contribution < -0.4 is 9.47 Å². The van der Waals surface area contributed by atoms with Crippen LogP contribution in [0.1, 0.15) is 21.5 Å². The largest absolute Gasteiger partial charge is 0.493 e. The van der Waals surface area contributed by atoms with Gasteiger partial charge in [-0.25, -0.2) is 4.79 Å². The average molecular weight is 496 g/mol. The van der Waals surface area contributed by atoms with Crippen LogP contribution >= 0.6 is 11.8 Å². The van der Waals surface area contributed by atoms with Crippen LogP contribution in [-0.2, 0) is 11.3 Å². The van der Waals surface area contributed by atoms with Crippen molar-refractivity contribution >= 4 is 45.7 Å². The Bertz CT molecular complexity index is 1510. The second-order valence-electron chi connectivity index (χ2n) is 8.12. The van der Waals surface area contributed by atoms with E-state index in [9.17, 15) is 14.4 Å². The summed E-state index contributed by atoms with van der Waals surface area (Å²) in [4.78, 5) is 39.6. The van der Waals surface area contributed by atoms with Crippen molar-refractivity contribution in [2.75, 3.05) is 7.11 Å². The Morgan fingerprint density at radius 2 is 1.61 bits per heavy atom. The van der Waals surface area contributed by atoms with Crippen LogP contribution in [0.4, 0.5) is 4.79 Å². The van der Waals surface area contributed by atoms with Crippen LogP contribution in [-0.4, -0.2) is 29.1 Å². The SMILES string of the molecule is COc1cc(/C=C2\SC(=O)N(Cc3ccc4ccccc4c3)C2=O)ccc1OC(=O)c1ccccc1. The lowest BCUT2D eigenvalue weighted by Crippen LogP contribution is -2.27. The molecular formula is C29H21NO5S. The molecule has 0 radical (unpaired) electrons. The zero-order chi connectivity index (χ0) is 25.1. The highest BCUT2D eigenvalue weighted by atomic mass is 32.2. The summed E-state index contributed by atoms with van der Waals surface area (Å²) in [5.41, 5.74) is 1.94. The fourth-order valence-corrected chi connectivity index (χ4v) is 4.74. The number of fused-ring (bicyclic) bond motifs is 1. The average Bonchev–Trinajstić information content (AvgIpc) is 3.17. The number of ether oxygens (including phenoxy) is 2. The summed E-state index contributed by atoms with van der Waals surface area (Å²) in [6, 6.07) is 27.5. The van der Waals surface area contributed by atoms with E-state index in [4.69, 9.17) is 9.47 Å². The number of nitrogens with zero attached hydrogens (tertiary/aromatic N) is 1. The van der Waals surface area contributed by atoms with E-state index in [-0.39, 0.29) is 23.4 Å². The zero-order valence-electron chi connectivity index (χ0n) is 19.3. The molecule has 1 saturated heterocycles. The third-order valence-corrected chi connectivity index (χ3v) is 6.63. The molecule has 1 fully saturated rings. The van der Waals surface area contributed by atoms with Crippen molar-refractivity contribution in [3.05, 3.63) is 113 Å². The van der Waals surface area contributed by atoms with Gasteiger partial charge in [-0.3, -0.25) is 14.5 Å². The van der Waals surface area contributed by atoms with Gasteiger partial charge >= 0.3 is 5.97 Å². The molecule has 178 valence electrons. The molecule has 1 heterocycles. The van der Waals surface area contributed by atoms with Crippen molar-refractivity contribution in [1.82, 2.24) is 4.90 Å². The smallest absolute Gasteiger partial charge is 0.343 e. The first-order valence-electron chi connectivity index (χ1n) is 11.2. The number of esters is 1. The van der Waals surface area contributed by atoms with Crippen molar-refractivity contribution in [3.8, 4) is 11.5 Å². The molecule has 4 aromatic rings. The van der Waals surface area contributed by atoms with Gasteiger partial charge in [-0.1, -0.05) is 60.7 Å². The van der Waals surface area contributed by atoms with Gasteiger partial charge in [-0.2, -0.15) is 0 Å². The van der Waals surface area contributed by atoms with E-state index in [0.717, 1.165) is 28.1 Å². The molecule has 5 rings (SSSR count). The molecule has 0 saturated carbocycles. The lowest BCUT2D eigenvalue weighted by atomic mass is 10.1. The Balaban J connectivity index is 1.33. The second-order valence-corrected chi connectivity index (χ2v) is 9.11. The number of carbonyl (C=O) groups excluding carboxylic acids is 3. The van der Waals surface area contributed by atoms with E-state index in [1.54, 1.807) is 48.5 Å². The molecule has 1 aliphatic heterocycles. The van der Waals surface area contributed by atoms with Crippen LogP contribution in [0.2, 0.25) is 0 Å². The summed E-state index contributed by atoms with van der Waals surface area (Å²) < 4.78 is 10.9. The molecule has 0 atom stereocenters. The molecule has 0 bridgehead atoms. The number of rotatable bonds is 6. The van der Waals surface area contributed by atoms with Crippen LogP contribution in [0, 0.1) is 0 Å². The molecule has 0 unspecified atom stereocenters. The maximum Gasteiger partial charge on any atom is 0.343 e. The Morgan fingerprint density at radius 1 is 0.861 bits per heavy atom. The molecule has 0 aliphatic carbocycles. The topological polar surface area (TPSA) is 72.9 Å². The summed E-state index contributed by atoms with van der Waals surface area (Å²) in [5.74, 6) is -0.260. The molecule has 2 amide bonds. The summed E-state index contributed by atoms with van der Waals surface area (Å²) in [7, 11) is 1.47. The minimum Gasteiger partial charge on any atom is -0.493 e. The highest BCUT2D eigenvalue weighted by Gasteiger charge is 2.35. The molecule has 0 spiro atoms. The molecule has 0 aromatic heterocycles. The van der Waals surface area contributed by atoms with Crippen molar-refractivity contribution in [1.29, 1.82) is 0 Å². The predicted octanol–water partition coefficient (Wildman–Crippen LogP) is 6.30. The quantitative estimate of drug-likeness (QED) is 0.177. The number of amides is 2. The number of methoxy groups -OCH3 is 1. The van der Waals surface area contributed by atoms with Crippen molar-refractivity contribution < 1.29 is 23.9 Å². The fraction of sp³-hybridized carbons (Fsp3) is 0.0690. The summed E-state index contributed by atoms with van der Waals surface area (Å²) in [6.07, 6.45) is 1.64. The van der Waals surface area contributed by atoms with Crippen molar-refractivity contribution in [2.45, 2.75) is 6.54 Å². The third kappa shape index (κ3) is 4.87. The highest BCUT2D eigenvalue weighted by Crippen LogP contribution is 2.35. The van der Waals surface area contributed by atoms with E-state index in [1.807, 2.05) is 48.5 Å².